The number of nitrogens with two attached hydrogens (primary N) is 1. The zero-order valence-electron chi connectivity index (χ0n) is 10.2. The maximum atomic E-state index is 11.6. The van der Waals surface area contributed by atoms with Gasteiger partial charge in [-0.1, -0.05) is 0 Å². The Labute approximate surface area is 105 Å². The minimum absolute atomic E-state index is 0.0152. The lowest BCUT2D eigenvalue weighted by Crippen LogP contribution is -2.40. The number of primary amides is 1. The van der Waals surface area contributed by atoms with Crippen molar-refractivity contribution < 1.29 is 27.5 Å². The Kier molecular flexibility index (Phi) is 7.24. The summed E-state index contributed by atoms with van der Waals surface area (Å²) in [4.78, 5) is 21.1. The summed E-state index contributed by atoms with van der Waals surface area (Å²) in [6.45, 7) is -0.286. The molecular formula is C8H17N3O6S. The first kappa shape index (κ1) is 16.6. The van der Waals surface area contributed by atoms with Crippen molar-refractivity contribution in [3.05, 3.63) is 0 Å². The van der Waals surface area contributed by atoms with Gasteiger partial charge in [-0.05, 0) is 0 Å². The molecule has 1 amide bonds. The molecule has 0 aliphatic rings. The standard InChI is InChI=1S/C8H17N3O6S/c1-11(5-3-7(12)16-2)18(14,15)10-4-6-17-8(9)13/h10H,3-6H2,1-2H3,(H2,9,13). The van der Waals surface area contributed by atoms with E-state index in [0.29, 0.717) is 0 Å². The van der Waals surface area contributed by atoms with Crippen molar-refractivity contribution in [3.8, 4) is 0 Å². The van der Waals surface area contributed by atoms with Crippen molar-refractivity contribution in [2.45, 2.75) is 6.42 Å². The molecule has 0 unspecified atom stereocenters. The Balaban J connectivity index is 4.03. The molecule has 10 heteroatoms. The Hall–Kier alpha value is -1.39. The van der Waals surface area contributed by atoms with Gasteiger partial charge in [0.05, 0.1) is 13.5 Å². The minimum atomic E-state index is -3.72. The molecule has 18 heavy (non-hydrogen) atoms. The number of hydrogen-bond acceptors (Lipinski definition) is 6. The Morgan fingerprint density at radius 1 is 1.39 bits per heavy atom. The summed E-state index contributed by atoms with van der Waals surface area (Å²) in [5, 5.41) is 0. The number of rotatable bonds is 8. The Bertz CT molecular complexity index is 382. The minimum Gasteiger partial charge on any atom is -0.469 e. The molecule has 0 rings (SSSR count). The van der Waals surface area contributed by atoms with E-state index in [1.807, 2.05) is 0 Å². The SMILES string of the molecule is COC(=O)CCN(C)S(=O)(=O)NCCOC(N)=O. The van der Waals surface area contributed by atoms with Crippen molar-refractivity contribution in [2.24, 2.45) is 5.73 Å². The Morgan fingerprint density at radius 3 is 2.50 bits per heavy atom. The third-order valence-corrected chi connectivity index (χ3v) is 3.47. The topological polar surface area (TPSA) is 128 Å². The Morgan fingerprint density at radius 2 is 2.00 bits per heavy atom. The number of nitrogens with one attached hydrogen (secondary N) is 1. The molecule has 0 atom stereocenters. The number of ether oxygens (including phenoxy) is 2. The van der Waals surface area contributed by atoms with Gasteiger partial charge in [0.1, 0.15) is 6.61 Å². The highest BCUT2D eigenvalue weighted by molar-refractivity contribution is 7.87. The van der Waals surface area contributed by atoms with Crippen molar-refractivity contribution in [2.75, 3.05) is 33.9 Å². The van der Waals surface area contributed by atoms with Crippen LogP contribution in [0.2, 0.25) is 0 Å². The molecule has 0 aliphatic heterocycles. The molecule has 0 radical (unpaired) electrons. The quantitative estimate of drug-likeness (QED) is 0.408. The van der Waals surface area contributed by atoms with E-state index in [2.05, 4.69) is 14.2 Å². The molecule has 0 spiro atoms. The lowest BCUT2D eigenvalue weighted by Gasteiger charge is -2.16. The van der Waals surface area contributed by atoms with Crippen LogP contribution in [-0.4, -0.2) is 58.6 Å². The van der Waals surface area contributed by atoms with E-state index < -0.39 is 22.3 Å². The van der Waals surface area contributed by atoms with Gasteiger partial charge in [0.2, 0.25) is 0 Å². The number of esters is 1. The number of carbonyl (C=O) groups is 2. The van der Waals surface area contributed by atoms with E-state index in [-0.39, 0.29) is 26.1 Å². The highest BCUT2D eigenvalue weighted by atomic mass is 32.2. The fourth-order valence-electron chi connectivity index (χ4n) is 0.903. The predicted octanol–water partition coefficient (Wildman–Crippen LogP) is -1.59. The van der Waals surface area contributed by atoms with Crippen LogP contribution in [-0.2, 0) is 24.5 Å². The molecule has 0 bridgehead atoms. The van der Waals surface area contributed by atoms with Gasteiger partial charge in [-0.15, -0.1) is 0 Å². The van der Waals surface area contributed by atoms with E-state index in [1.165, 1.54) is 14.2 Å². The maximum Gasteiger partial charge on any atom is 0.404 e. The summed E-state index contributed by atoms with van der Waals surface area (Å²) in [7, 11) is -1.19. The van der Waals surface area contributed by atoms with Crippen molar-refractivity contribution in [1.82, 2.24) is 9.03 Å². The fourth-order valence-corrected chi connectivity index (χ4v) is 1.80. The van der Waals surface area contributed by atoms with Gasteiger partial charge < -0.3 is 15.2 Å². The van der Waals surface area contributed by atoms with Crippen LogP contribution < -0.4 is 10.5 Å². The first-order valence-electron chi connectivity index (χ1n) is 4.99. The smallest absolute Gasteiger partial charge is 0.404 e. The lowest BCUT2D eigenvalue weighted by atomic mass is 10.4. The van der Waals surface area contributed by atoms with E-state index in [0.717, 1.165) is 4.31 Å². The van der Waals surface area contributed by atoms with E-state index in [9.17, 15) is 18.0 Å². The number of methoxy groups -OCH3 is 1. The van der Waals surface area contributed by atoms with Crippen LogP contribution in [0.25, 0.3) is 0 Å². The van der Waals surface area contributed by atoms with E-state index in [1.54, 1.807) is 0 Å². The largest absolute Gasteiger partial charge is 0.469 e. The van der Waals surface area contributed by atoms with Crippen LogP contribution in [0.15, 0.2) is 0 Å². The monoisotopic (exact) mass is 283 g/mol. The number of nitrogens with zero attached hydrogens (tertiary/aromatic N) is 1. The van der Waals surface area contributed by atoms with Crippen LogP contribution >= 0.6 is 0 Å². The van der Waals surface area contributed by atoms with Crippen LogP contribution in [0.3, 0.4) is 0 Å². The lowest BCUT2D eigenvalue weighted by molar-refractivity contribution is -0.140. The summed E-state index contributed by atoms with van der Waals surface area (Å²) < 4.78 is 35.0. The summed E-state index contributed by atoms with van der Waals surface area (Å²) in [6, 6.07) is 0. The highest BCUT2D eigenvalue weighted by Crippen LogP contribution is 1.96. The predicted molar refractivity (Wildman–Crippen MR) is 61.7 cm³/mol. The van der Waals surface area contributed by atoms with E-state index >= 15 is 0 Å². The second-order valence-corrected chi connectivity index (χ2v) is 5.08. The summed E-state index contributed by atoms with van der Waals surface area (Å²) in [5.41, 5.74) is 4.70. The third kappa shape index (κ3) is 7.04. The summed E-state index contributed by atoms with van der Waals surface area (Å²) in [6.07, 6.45) is -1.03. The molecule has 0 aromatic rings. The number of hydrogen-bond donors (Lipinski definition) is 2. The maximum absolute atomic E-state index is 11.6. The second-order valence-electron chi connectivity index (χ2n) is 3.21. The van der Waals surface area contributed by atoms with Crippen LogP contribution in [0.4, 0.5) is 4.79 Å². The van der Waals surface area contributed by atoms with Crippen molar-refractivity contribution in [3.63, 3.8) is 0 Å². The van der Waals surface area contributed by atoms with Crippen LogP contribution in [0, 0.1) is 0 Å². The molecule has 0 fully saturated rings. The summed E-state index contributed by atoms with van der Waals surface area (Å²) >= 11 is 0. The normalized spacial score (nSPS) is 11.3. The third-order valence-electron chi connectivity index (χ3n) is 1.90. The van der Waals surface area contributed by atoms with Gasteiger partial charge in [-0.3, -0.25) is 4.79 Å². The number of carbonyl (C=O) groups excluding carboxylic acids is 2. The second kappa shape index (κ2) is 7.84. The molecule has 0 aromatic carbocycles. The van der Waals surface area contributed by atoms with Crippen LogP contribution in [0.5, 0.6) is 0 Å². The molecule has 0 aliphatic carbocycles. The van der Waals surface area contributed by atoms with Crippen molar-refractivity contribution in [1.29, 1.82) is 0 Å². The van der Waals surface area contributed by atoms with Crippen LogP contribution in [0.1, 0.15) is 6.42 Å². The zero-order chi connectivity index (χ0) is 14.2. The molecule has 106 valence electrons. The highest BCUT2D eigenvalue weighted by Gasteiger charge is 2.17. The average Bonchev–Trinajstić information content (AvgIpc) is 2.30. The molecule has 9 nitrogen and oxygen atoms in total. The fraction of sp³-hybridized carbons (Fsp3) is 0.750. The van der Waals surface area contributed by atoms with Gasteiger partial charge in [0, 0.05) is 20.1 Å². The molecule has 0 saturated carbocycles. The average molecular weight is 283 g/mol. The van der Waals surface area contributed by atoms with Crippen molar-refractivity contribution >= 4 is 22.3 Å². The molecular weight excluding hydrogens is 266 g/mol. The first-order valence-corrected chi connectivity index (χ1v) is 6.43. The number of amides is 1. The summed E-state index contributed by atoms with van der Waals surface area (Å²) in [5.74, 6) is -0.505. The molecule has 3 N–H and O–H groups in total. The first-order chi connectivity index (χ1) is 8.29. The van der Waals surface area contributed by atoms with Gasteiger partial charge in [0.25, 0.3) is 10.2 Å². The molecule has 0 aromatic heterocycles. The molecule has 0 heterocycles. The van der Waals surface area contributed by atoms with E-state index in [4.69, 9.17) is 5.73 Å². The van der Waals surface area contributed by atoms with Gasteiger partial charge >= 0.3 is 12.1 Å². The van der Waals surface area contributed by atoms with Gasteiger partial charge in [-0.25, -0.2) is 4.79 Å². The zero-order valence-corrected chi connectivity index (χ0v) is 11.0. The van der Waals surface area contributed by atoms with Gasteiger partial charge in [-0.2, -0.15) is 17.4 Å². The van der Waals surface area contributed by atoms with Gasteiger partial charge in [0.15, 0.2) is 0 Å². The molecule has 0 saturated heterocycles.